The highest BCUT2D eigenvalue weighted by Crippen LogP contribution is 2.70. The molecule has 0 spiro atoms. The summed E-state index contributed by atoms with van der Waals surface area (Å²) in [5.74, 6) is -4.89. The van der Waals surface area contributed by atoms with Gasteiger partial charge in [-0.3, -0.25) is 24.0 Å². The van der Waals surface area contributed by atoms with Crippen molar-refractivity contribution in [2.24, 2.45) is 34.3 Å². The third kappa shape index (κ3) is 7.33. The van der Waals surface area contributed by atoms with E-state index in [0.717, 1.165) is 16.3 Å². The SMILES string of the molecule is C[C@@H]1C[C@H]2[C@@H]3CCC4=CC(=O)C=C[C@]4(C)[C@@]3(F)[C@@H](O)C[C@]2(C)[C@@]1(O)C(=O)COC(=O)CCC(=O)OCc1ccc(C(CCN)C(=O)Nc2ccc3ccccc3c2)cc1. The third-order valence-corrected chi connectivity index (χ3v) is 14.1. The fraction of sp³-hybridized carbons (Fsp3) is 0.468. The maximum absolute atomic E-state index is 17.5. The van der Waals surface area contributed by atoms with Crippen molar-refractivity contribution in [1.82, 2.24) is 0 Å². The molecular formula is C47H53FN2O9. The number of nitrogens with two attached hydrogens (primary N) is 1. The molecule has 0 radical (unpaired) electrons. The highest BCUT2D eigenvalue weighted by atomic mass is 19.1. The van der Waals surface area contributed by atoms with Gasteiger partial charge >= 0.3 is 11.9 Å². The molecule has 1 amide bonds. The molecule has 3 fully saturated rings. The second-order valence-electron chi connectivity index (χ2n) is 17.3. The van der Waals surface area contributed by atoms with Crippen molar-refractivity contribution in [1.29, 1.82) is 0 Å². The van der Waals surface area contributed by atoms with Crippen molar-refractivity contribution in [3.8, 4) is 0 Å². The molecule has 11 nitrogen and oxygen atoms in total. The van der Waals surface area contributed by atoms with Gasteiger partial charge in [0.05, 0.1) is 24.9 Å². The molecule has 5 N–H and O–H groups in total. The number of aliphatic hydroxyl groups is 2. The second-order valence-corrected chi connectivity index (χ2v) is 17.3. The van der Waals surface area contributed by atoms with Gasteiger partial charge < -0.3 is 30.7 Å². The Morgan fingerprint density at radius 3 is 2.37 bits per heavy atom. The zero-order chi connectivity index (χ0) is 42.3. The molecule has 0 aromatic heterocycles. The van der Waals surface area contributed by atoms with Crippen LogP contribution in [0.15, 0.2) is 90.5 Å². The van der Waals surface area contributed by atoms with Gasteiger partial charge in [-0.1, -0.05) is 80.1 Å². The Bertz CT molecular complexity index is 2220. The van der Waals surface area contributed by atoms with Crippen LogP contribution in [-0.4, -0.2) is 70.2 Å². The number of ether oxygens (including phenoxy) is 2. The summed E-state index contributed by atoms with van der Waals surface area (Å²) in [6.07, 6.45) is 3.54. The topological polar surface area (TPSA) is 182 Å². The maximum Gasteiger partial charge on any atom is 0.306 e. The number of amides is 1. The Kier molecular flexibility index (Phi) is 11.6. The fourth-order valence-corrected chi connectivity index (χ4v) is 10.9. The average Bonchev–Trinajstić information content (AvgIpc) is 3.42. The number of esters is 2. The first-order valence-electron chi connectivity index (χ1n) is 20.5. The number of rotatable bonds is 13. The molecular weight excluding hydrogens is 756 g/mol. The minimum atomic E-state index is -2.11. The van der Waals surface area contributed by atoms with Gasteiger partial charge in [0, 0.05) is 22.4 Å². The van der Waals surface area contributed by atoms with Crippen LogP contribution in [0.3, 0.4) is 0 Å². The summed E-state index contributed by atoms with van der Waals surface area (Å²) in [7, 11) is 0. The molecule has 0 saturated heterocycles. The van der Waals surface area contributed by atoms with E-state index in [4.69, 9.17) is 15.2 Å². The number of nitrogens with one attached hydrogen (secondary N) is 1. The second kappa shape index (κ2) is 16.2. The lowest BCUT2D eigenvalue weighted by Crippen LogP contribution is -2.69. The summed E-state index contributed by atoms with van der Waals surface area (Å²) in [5.41, 5.74) is 2.09. The Morgan fingerprint density at radius 1 is 0.966 bits per heavy atom. The van der Waals surface area contributed by atoms with Crippen molar-refractivity contribution in [2.45, 2.75) is 95.6 Å². The smallest absolute Gasteiger partial charge is 0.306 e. The standard InChI is InChI=1S/C47H53FN2O9/c1-28-22-38-37-15-13-33-24-35(51)18-20-44(33,2)46(37,48)39(52)25-45(38,3)47(28,57)40(53)27-59-42(55)17-16-41(54)58-26-29-8-10-31(11-9-29)36(19-21-49)43(56)50-34-14-12-30-6-4-5-7-32(30)23-34/h4-12,14,18,20,23-24,28,36-39,52,57H,13,15-17,19,21-22,25-27,49H2,1-3H3,(H,50,56)/t28-,36?,37+,38+,39+,44+,45+,46+,47+/m1/s1. The number of aliphatic hydroxyl groups excluding tert-OH is 1. The molecule has 4 aliphatic rings. The molecule has 3 aromatic carbocycles. The highest BCUT2D eigenvalue weighted by molar-refractivity contribution is 6.01. The molecule has 12 heteroatoms. The predicted molar refractivity (Wildman–Crippen MR) is 218 cm³/mol. The van der Waals surface area contributed by atoms with E-state index in [2.05, 4.69) is 5.32 Å². The summed E-state index contributed by atoms with van der Waals surface area (Å²) in [4.78, 5) is 64.5. The zero-order valence-corrected chi connectivity index (χ0v) is 33.7. The van der Waals surface area contributed by atoms with Crippen LogP contribution in [-0.2, 0) is 40.1 Å². The van der Waals surface area contributed by atoms with Gasteiger partial charge in [0.2, 0.25) is 11.7 Å². The van der Waals surface area contributed by atoms with Crippen molar-refractivity contribution in [3.05, 3.63) is 102 Å². The average molecular weight is 809 g/mol. The van der Waals surface area contributed by atoms with Crippen molar-refractivity contribution < 1.29 is 48.0 Å². The zero-order valence-electron chi connectivity index (χ0n) is 33.7. The predicted octanol–water partition coefficient (Wildman–Crippen LogP) is 6.19. The first-order chi connectivity index (χ1) is 28.0. The Morgan fingerprint density at radius 2 is 1.66 bits per heavy atom. The van der Waals surface area contributed by atoms with Gasteiger partial charge in [-0.25, -0.2) is 4.39 Å². The lowest BCUT2D eigenvalue weighted by atomic mass is 9.44. The van der Waals surface area contributed by atoms with Crippen LogP contribution in [0.4, 0.5) is 10.1 Å². The van der Waals surface area contributed by atoms with Gasteiger partial charge in [0.25, 0.3) is 0 Å². The number of halogens is 1. The van der Waals surface area contributed by atoms with Crippen LogP contribution >= 0.6 is 0 Å². The number of hydrogen-bond donors (Lipinski definition) is 4. The maximum atomic E-state index is 17.5. The summed E-state index contributed by atoms with van der Waals surface area (Å²) in [5, 5.41) is 28.8. The molecule has 1 unspecified atom stereocenters. The van der Waals surface area contributed by atoms with Gasteiger partial charge in [0.1, 0.15) is 12.2 Å². The van der Waals surface area contributed by atoms with Gasteiger partial charge in [-0.15, -0.1) is 0 Å². The van der Waals surface area contributed by atoms with Gasteiger partial charge in [-0.05, 0) is 104 Å². The van der Waals surface area contributed by atoms with E-state index >= 15 is 4.39 Å². The number of carbonyl (C=O) groups is 5. The Balaban J connectivity index is 0.895. The number of hydrogen-bond acceptors (Lipinski definition) is 10. The fourth-order valence-electron chi connectivity index (χ4n) is 10.9. The van der Waals surface area contributed by atoms with Crippen molar-refractivity contribution >= 4 is 45.9 Å². The van der Waals surface area contributed by atoms with E-state index in [9.17, 15) is 34.2 Å². The van der Waals surface area contributed by atoms with E-state index in [1.165, 1.54) is 12.2 Å². The molecule has 59 heavy (non-hydrogen) atoms. The van der Waals surface area contributed by atoms with Crippen LogP contribution in [0.2, 0.25) is 0 Å². The van der Waals surface area contributed by atoms with E-state index < -0.39 is 76.2 Å². The van der Waals surface area contributed by atoms with Gasteiger partial charge in [-0.2, -0.15) is 0 Å². The Labute approximate surface area is 343 Å². The third-order valence-electron chi connectivity index (χ3n) is 14.1. The Hall–Kier alpha value is -5.04. The summed E-state index contributed by atoms with van der Waals surface area (Å²) in [6.45, 7) is 4.63. The molecule has 3 saturated carbocycles. The number of Topliss-reactive ketones (excluding diaryl/α,β-unsaturated/α-hetero) is 1. The molecule has 0 aliphatic heterocycles. The quantitative estimate of drug-likeness (QED) is 0.145. The summed E-state index contributed by atoms with van der Waals surface area (Å²) in [6, 6.07) is 20.7. The first-order valence-corrected chi connectivity index (χ1v) is 20.5. The lowest BCUT2D eigenvalue weighted by molar-refractivity contribution is -0.220. The highest BCUT2D eigenvalue weighted by Gasteiger charge is 2.75. The van der Waals surface area contributed by atoms with Crippen LogP contribution < -0.4 is 11.1 Å². The van der Waals surface area contributed by atoms with Crippen LogP contribution in [0, 0.1) is 28.6 Å². The van der Waals surface area contributed by atoms with Crippen LogP contribution in [0.25, 0.3) is 10.8 Å². The number of benzene rings is 3. The molecule has 0 bridgehead atoms. The summed E-state index contributed by atoms with van der Waals surface area (Å²) < 4.78 is 28.1. The molecule has 3 aromatic rings. The monoisotopic (exact) mass is 808 g/mol. The number of allylic oxidation sites excluding steroid dienone is 4. The largest absolute Gasteiger partial charge is 0.461 e. The van der Waals surface area contributed by atoms with Crippen molar-refractivity contribution in [3.63, 3.8) is 0 Å². The molecule has 0 heterocycles. The van der Waals surface area contributed by atoms with E-state index in [1.54, 1.807) is 51.1 Å². The number of carbonyl (C=O) groups excluding carboxylic acids is 5. The first kappa shape index (κ1) is 42.1. The molecule has 9 atom stereocenters. The molecule has 7 rings (SSSR count). The van der Waals surface area contributed by atoms with Crippen LogP contribution in [0.1, 0.15) is 82.8 Å². The van der Waals surface area contributed by atoms with E-state index in [1.807, 2.05) is 42.5 Å². The van der Waals surface area contributed by atoms with E-state index in [-0.39, 0.29) is 37.6 Å². The molecule has 4 aliphatic carbocycles. The van der Waals surface area contributed by atoms with Crippen molar-refractivity contribution in [2.75, 3.05) is 18.5 Å². The minimum Gasteiger partial charge on any atom is -0.461 e. The summed E-state index contributed by atoms with van der Waals surface area (Å²) >= 11 is 0. The van der Waals surface area contributed by atoms with Gasteiger partial charge in [0.15, 0.2) is 18.1 Å². The number of alkyl halides is 1. The normalized spacial score (nSPS) is 31.3. The number of ketones is 2. The molecule has 312 valence electrons. The lowest BCUT2D eigenvalue weighted by Gasteiger charge is -2.62. The van der Waals surface area contributed by atoms with Crippen LogP contribution in [0.5, 0.6) is 0 Å². The number of anilines is 1. The minimum absolute atomic E-state index is 0.0691. The number of fused-ring (bicyclic) bond motifs is 6. The van der Waals surface area contributed by atoms with E-state index in [0.29, 0.717) is 49.1 Å².